The Morgan fingerprint density at radius 3 is 2.63 bits per heavy atom. The van der Waals surface area contributed by atoms with E-state index in [1.54, 1.807) is 0 Å². The summed E-state index contributed by atoms with van der Waals surface area (Å²) in [5, 5.41) is 4.25. The van der Waals surface area contributed by atoms with Crippen molar-refractivity contribution in [1.29, 1.82) is 0 Å². The van der Waals surface area contributed by atoms with Crippen LogP contribution in [0.4, 0.5) is 5.69 Å². The third-order valence-electron chi connectivity index (χ3n) is 4.66. The molecule has 1 saturated heterocycles. The Bertz CT molecular complexity index is 434. The van der Waals surface area contributed by atoms with Crippen molar-refractivity contribution < 1.29 is 0 Å². The zero-order chi connectivity index (χ0) is 13.2. The van der Waals surface area contributed by atoms with Crippen LogP contribution >= 0.6 is 11.6 Å². The van der Waals surface area contributed by atoms with Crippen LogP contribution < -0.4 is 10.2 Å². The van der Waals surface area contributed by atoms with Gasteiger partial charge in [0.2, 0.25) is 0 Å². The van der Waals surface area contributed by atoms with Crippen molar-refractivity contribution in [1.82, 2.24) is 5.32 Å². The lowest BCUT2D eigenvalue weighted by molar-refractivity contribution is 0.494. The third kappa shape index (κ3) is 2.75. The molecule has 1 heterocycles. The van der Waals surface area contributed by atoms with Crippen LogP contribution in [0.15, 0.2) is 18.2 Å². The Labute approximate surface area is 121 Å². The van der Waals surface area contributed by atoms with Gasteiger partial charge in [0.15, 0.2) is 0 Å². The summed E-state index contributed by atoms with van der Waals surface area (Å²) in [6.07, 6.45) is 4.26. The van der Waals surface area contributed by atoms with E-state index in [9.17, 15) is 0 Å². The lowest BCUT2D eigenvalue weighted by atomic mass is 10.0. The summed E-state index contributed by atoms with van der Waals surface area (Å²) in [6, 6.07) is 6.53. The molecule has 1 aromatic carbocycles. The minimum atomic E-state index is 0.905. The molecule has 2 atom stereocenters. The number of hydrogen-bond acceptors (Lipinski definition) is 2. The van der Waals surface area contributed by atoms with Crippen LogP contribution in [0.1, 0.15) is 31.7 Å². The average molecular weight is 279 g/mol. The van der Waals surface area contributed by atoms with E-state index in [0.29, 0.717) is 0 Å². The molecule has 2 nitrogen and oxygen atoms in total. The standard InChI is InChI=1S/C16H23ClN2/c1-2-18-9-12-6-7-16(15(17)8-12)19-10-13-4-3-5-14(13)11-19/h6-8,13-14,18H,2-5,9-11H2,1H3. The second kappa shape index (κ2) is 5.72. The van der Waals surface area contributed by atoms with Crippen LogP contribution in [-0.2, 0) is 6.54 Å². The summed E-state index contributed by atoms with van der Waals surface area (Å²) in [7, 11) is 0. The molecule has 1 aromatic rings. The molecule has 0 amide bonds. The monoisotopic (exact) mass is 278 g/mol. The number of nitrogens with zero attached hydrogens (tertiary/aromatic N) is 1. The molecule has 3 rings (SSSR count). The molecule has 3 heteroatoms. The SMILES string of the molecule is CCNCc1ccc(N2CC3CCCC3C2)c(Cl)c1. The van der Waals surface area contributed by atoms with E-state index in [4.69, 9.17) is 11.6 Å². The molecule has 2 aliphatic rings. The first-order chi connectivity index (χ1) is 9.28. The van der Waals surface area contributed by atoms with Crippen molar-refractivity contribution >= 4 is 17.3 Å². The molecule has 0 aromatic heterocycles. The molecule has 1 aliphatic carbocycles. The minimum Gasteiger partial charge on any atom is -0.370 e. The fourth-order valence-electron chi connectivity index (χ4n) is 3.62. The maximum atomic E-state index is 6.48. The largest absolute Gasteiger partial charge is 0.370 e. The topological polar surface area (TPSA) is 15.3 Å². The van der Waals surface area contributed by atoms with Crippen LogP contribution in [0.25, 0.3) is 0 Å². The first-order valence-electron chi connectivity index (χ1n) is 7.52. The van der Waals surface area contributed by atoms with Crippen molar-refractivity contribution in [2.75, 3.05) is 24.5 Å². The normalized spacial score (nSPS) is 25.9. The predicted molar refractivity (Wildman–Crippen MR) is 81.9 cm³/mol. The van der Waals surface area contributed by atoms with Gasteiger partial charge in [-0.1, -0.05) is 31.0 Å². The molecular weight excluding hydrogens is 256 g/mol. The lowest BCUT2D eigenvalue weighted by Gasteiger charge is -2.21. The van der Waals surface area contributed by atoms with Gasteiger partial charge in [-0.25, -0.2) is 0 Å². The van der Waals surface area contributed by atoms with E-state index in [2.05, 4.69) is 35.3 Å². The Balaban J connectivity index is 1.71. The van der Waals surface area contributed by atoms with Gasteiger partial charge in [0.25, 0.3) is 0 Å². The molecule has 2 fully saturated rings. The third-order valence-corrected chi connectivity index (χ3v) is 4.96. The van der Waals surface area contributed by atoms with Gasteiger partial charge in [-0.05, 0) is 48.9 Å². The number of anilines is 1. The quantitative estimate of drug-likeness (QED) is 0.904. The number of hydrogen-bond donors (Lipinski definition) is 1. The summed E-state index contributed by atoms with van der Waals surface area (Å²) >= 11 is 6.48. The molecule has 1 aliphatic heterocycles. The fraction of sp³-hybridized carbons (Fsp3) is 0.625. The maximum absolute atomic E-state index is 6.48. The number of halogens is 1. The van der Waals surface area contributed by atoms with Crippen LogP contribution in [0.3, 0.4) is 0 Å². The summed E-state index contributed by atoms with van der Waals surface area (Å²) in [4.78, 5) is 2.49. The second-order valence-corrected chi connectivity index (χ2v) is 6.33. The van der Waals surface area contributed by atoms with Gasteiger partial charge in [-0.2, -0.15) is 0 Å². The first-order valence-corrected chi connectivity index (χ1v) is 7.90. The number of fused-ring (bicyclic) bond motifs is 1. The maximum Gasteiger partial charge on any atom is 0.0642 e. The molecule has 1 saturated carbocycles. The highest BCUT2D eigenvalue weighted by Crippen LogP contribution is 2.41. The van der Waals surface area contributed by atoms with Crippen molar-refractivity contribution in [2.45, 2.75) is 32.7 Å². The summed E-state index contributed by atoms with van der Waals surface area (Å²) in [6.45, 7) is 6.43. The lowest BCUT2D eigenvalue weighted by Crippen LogP contribution is -2.21. The van der Waals surface area contributed by atoms with E-state index >= 15 is 0 Å². The van der Waals surface area contributed by atoms with Crippen LogP contribution in [0.2, 0.25) is 5.02 Å². The van der Waals surface area contributed by atoms with Crippen LogP contribution in [-0.4, -0.2) is 19.6 Å². The highest BCUT2D eigenvalue weighted by molar-refractivity contribution is 6.33. The molecule has 0 bridgehead atoms. The highest BCUT2D eigenvalue weighted by atomic mass is 35.5. The molecular formula is C16H23ClN2. The van der Waals surface area contributed by atoms with Gasteiger partial charge in [0, 0.05) is 19.6 Å². The smallest absolute Gasteiger partial charge is 0.0642 e. The van der Waals surface area contributed by atoms with E-state index < -0.39 is 0 Å². The minimum absolute atomic E-state index is 0.905. The molecule has 2 unspecified atom stereocenters. The Hall–Kier alpha value is -0.730. The van der Waals surface area contributed by atoms with Gasteiger partial charge >= 0.3 is 0 Å². The number of rotatable bonds is 4. The van der Waals surface area contributed by atoms with Gasteiger partial charge < -0.3 is 10.2 Å². The number of benzene rings is 1. The van der Waals surface area contributed by atoms with Crippen molar-refractivity contribution in [3.05, 3.63) is 28.8 Å². The van der Waals surface area contributed by atoms with E-state index in [-0.39, 0.29) is 0 Å². The summed E-state index contributed by atoms with van der Waals surface area (Å²) in [5.41, 5.74) is 2.51. The molecule has 104 valence electrons. The van der Waals surface area contributed by atoms with E-state index in [0.717, 1.165) is 29.9 Å². The van der Waals surface area contributed by atoms with Crippen LogP contribution in [0, 0.1) is 11.8 Å². The van der Waals surface area contributed by atoms with Crippen LogP contribution in [0.5, 0.6) is 0 Å². The Morgan fingerprint density at radius 2 is 2.00 bits per heavy atom. The van der Waals surface area contributed by atoms with Crippen molar-refractivity contribution in [3.63, 3.8) is 0 Å². The summed E-state index contributed by atoms with van der Waals surface area (Å²) in [5.74, 6) is 1.83. The number of nitrogens with one attached hydrogen (secondary N) is 1. The van der Waals surface area contributed by atoms with E-state index in [1.807, 2.05) is 0 Å². The first kappa shape index (κ1) is 13.3. The highest BCUT2D eigenvalue weighted by Gasteiger charge is 2.36. The Morgan fingerprint density at radius 1 is 1.26 bits per heavy atom. The van der Waals surface area contributed by atoms with Crippen molar-refractivity contribution in [2.24, 2.45) is 11.8 Å². The molecule has 19 heavy (non-hydrogen) atoms. The predicted octanol–water partition coefficient (Wildman–Crippen LogP) is 3.69. The molecule has 1 N–H and O–H groups in total. The van der Waals surface area contributed by atoms with E-state index in [1.165, 1.54) is 43.6 Å². The summed E-state index contributed by atoms with van der Waals surface area (Å²) < 4.78 is 0. The van der Waals surface area contributed by atoms with Gasteiger partial charge in [0.05, 0.1) is 10.7 Å². The average Bonchev–Trinajstić information content (AvgIpc) is 2.97. The zero-order valence-electron chi connectivity index (χ0n) is 11.7. The van der Waals surface area contributed by atoms with Gasteiger partial charge in [0.1, 0.15) is 0 Å². The molecule has 0 radical (unpaired) electrons. The van der Waals surface area contributed by atoms with Gasteiger partial charge in [-0.15, -0.1) is 0 Å². The second-order valence-electron chi connectivity index (χ2n) is 5.92. The van der Waals surface area contributed by atoms with Crippen molar-refractivity contribution in [3.8, 4) is 0 Å². The zero-order valence-corrected chi connectivity index (χ0v) is 12.4. The van der Waals surface area contributed by atoms with Gasteiger partial charge in [-0.3, -0.25) is 0 Å². The Kier molecular flexibility index (Phi) is 3.99. The molecule has 0 spiro atoms. The fourth-order valence-corrected chi connectivity index (χ4v) is 3.94.